The Morgan fingerprint density at radius 2 is 1.89 bits per heavy atom. The quantitative estimate of drug-likeness (QED) is 0.387. The van der Waals surface area contributed by atoms with Gasteiger partial charge in [0.15, 0.2) is 0 Å². The number of nitrogens with zero attached hydrogens (tertiary/aromatic N) is 2. The van der Waals surface area contributed by atoms with E-state index in [0.717, 1.165) is 12.2 Å². The van der Waals surface area contributed by atoms with E-state index in [1.807, 2.05) is 30.6 Å². The standard InChI is InChI=1S/C15H26N2Si/c1-4-18(5-2,6-3)13-9-11-16-14-15-10-7-8-12-17-15/h7-8,10,12,14H,4-6,9,11,13H2,1-3H3. The molecule has 0 radical (unpaired) electrons. The second-order valence-corrected chi connectivity index (χ2v) is 10.6. The summed E-state index contributed by atoms with van der Waals surface area (Å²) in [4.78, 5) is 8.72. The Labute approximate surface area is 113 Å². The largest absolute Gasteiger partial charge is 0.291 e. The van der Waals surface area contributed by atoms with E-state index in [-0.39, 0.29) is 0 Å². The molecule has 0 fully saturated rings. The van der Waals surface area contributed by atoms with E-state index in [0.29, 0.717) is 0 Å². The second kappa shape index (κ2) is 8.19. The summed E-state index contributed by atoms with van der Waals surface area (Å²) in [6, 6.07) is 11.6. The van der Waals surface area contributed by atoms with Crippen molar-refractivity contribution in [2.45, 2.75) is 51.4 Å². The van der Waals surface area contributed by atoms with E-state index in [1.165, 1.54) is 30.6 Å². The van der Waals surface area contributed by atoms with Crippen LogP contribution >= 0.6 is 0 Å². The smallest absolute Gasteiger partial charge is 0.0807 e. The molecule has 0 spiro atoms. The van der Waals surface area contributed by atoms with Gasteiger partial charge in [0, 0.05) is 19.0 Å². The van der Waals surface area contributed by atoms with Crippen molar-refractivity contribution in [1.82, 2.24) is 4.98 Å². The van der Waals surface area contributed by atoms with Gasteiger partial charge < -0.3 is 0 Å². The van der Waals surface area contributed by atoms with E-state index in [9.17, 15) is 0 Å². The van der Waals surface area contributed by atoms with Crippen LogP contribution in [0.4, 0.5) is 0 Å². The minimum Gasteiger partial charge on any atom is -0.291 e. The van der Waals surface area contributed by atoms with E-state index in [2.05, 4.69) is 30.7 Å². The molecule has 0 saturated carbocycles. The van der Waals surface area contributed by atoms with Crippen LogP contribution in [0.5, 0.6) is 0 Å². The monoisotopic (exact) mass is 262 g/mol. The zero-order chi connectivity index (χ0) is 13.3. The van der Waals surface area contributed by atoms with Gasteiger partial charge in [0.25, 0.3) is 0 Å². The van der Waals surface area contributed by atoms with Crippen LogP contribution in [0.2, 0.25) is 24.2 Å². The molecule has 0 amide bonds. The summed E-state index contributed by atoms with van der Waals surface area (Å²) in [6.45, 7) is 8.06. The van der Waals surface area contributed by atoms with E-state index >= 15 is 0 Å². The van der Waals surface area contributed by atoms with Crippen molar-refractivity contribution in [2.75, 3.05) is 6.54 Å². The Balaban J connectivity index is 2.32. The molecule has 0 saturated heterocycles. The summed E-state index contributed by atoms with van der Waals surface area (Å²) in [5.74, 6) is 0. The molecule has 0 aromatic carbocycles. The molecule has 0 aliphatic heterocycles. The van der Waals surface area contributed by atoms with Crippen LogP contribution in [-0.2, 0) is 0 Å². The number of aromatic nitrogens is 1. The predicted molar refractivity (Wildman–Crippen MR) is 83.3 cm³/mol. The first-order valence-corrected chi connectivity index (χ1v) is 10.00. The highest BCUT2D eigenvalue weighted by atomic mass is 28.3. The Morgan fingerprint density at radius 3 is 2.44 bits per heavy atom. The fraction of sp³-hybridized carbons (Fsp3) is 0.600. The molecular weight excluding hydrogens is 236 g/mol. The molecule has 100 valence electrons. The number of aliphatic imine (C=N–C) groups is 1. The van der Waals surface area contributed by atoms with Gasteiger partial charge in [-0.3, -0.25) is 9.98 Å². The molecule has 2 nitrogen and oxygen atoms in total. The van der Waals surface area contributed by atoms with Crippen molar-refractivity contribution in [3.8, 4) is 0 Å². The number of hydrogen-bond acceptors (Lipinski definition) is 2. The normalized spacial score (nSPS) is 12.2. The molecule has 0 atom stereocenters. The van der Waals surface area contributed by atoms with Crippen LogP contribution < -0.4 is 0 Å². The van der Waals surface area contributed by atoms with Gasteiger partial charge in [-0.1, -0.05) is 51.0 Å². The Hall–Kier alpha value is -0.963. The molecule has 0 aliphatic carbocycles. The van der Waals surface area contributed by atoms with Crippen LogP contribution in [0.3, 0.4) is 0 Å². The van der Waals surface area contributed by atoms with Gasteiger partial charge in [0.1, 0.15) is 0 Å². The zero-order valence-electron chi connectivity index (χ0n) is 12.0. The molecule has 1 rings (SSSR count). The average molecular weight is 262 g/mol. The van der Waals surface area contributed by atoms with Gasteiger partial charge in [-0.15, -0.1) is 0 Å². The molecule has 0 unspecified atom stereocenters. The molecule has 1 heterocycles. The first-order chi connectivity index (χ1) is 8.76. The van der Waals surface area contributed by atoms with Gasteiger partial charge in [0.05, 0.1) is 13.8 Å². The summed E-state index contributed by atoms with van der Waals surface area (Å²) in [5, 5.41) is 0. The maximum Gasteiger partial charge on any atom is 0.0807 e. The second-order valence-electron chi connectivity index (χ2n) is 4.95. The Bertz CT molecular complexity index is 337. The predicted octanol–water partition coefficient (Wildman–Crippen LogP) is 4.40. The van der Waals surface area contributed by atoms with Crippen LogP contribution in [0.15, 0.2) is 29.4 Å². The highest BCUT2D eigenvalue weighted by molar-refractivity contribution is 6.79. The fourth-order valence-electron chi connectivity index (χ4n) is 2.44. The van der Waals surface area contributed by atoms with Crippen molar-refractivity contribution in [1.29, 1.82) is 0 Å². The third-order valence-corrected chi connectivity index (χ3v) is 10.1. The van der Waals surface area contributed by atoms with E-state index < -0.39 is 8.07 Å². The molecular formula is C15H26N2Si. The van der Waals surface area contributed by atoms with Gasteiger partial charge in [-0.05, 0) is 18.6 Å². The van der Waals surface area contributed by atoms with Gasteiger partial charge >= 0.3 is 0 Å². The van der Waals surface area contributed by atoms with Gasteiger partial charge in [-0.25, -0.2) is 0 Å². The van der Waals surface area contributed by atoms with E-state index in [1.54, 1.807) is 0 Å². The Morgan fingerprint density at radius 1 is 1.17 bits per heavy atom. The lowest BCUT2D eigenvalue weighted by molar-refractivity contribution is 0.895. The molecule has 0 bridgehead atoms. The maximum atomic E-state index is 4.48. The molecule has 0 aliphatic rings. The van der Waals surface area contributed by atoms with Gasteiger partial charge in [-0.2, -0.15) is 0 Å². The first-order valence-electron chi connectivity index (χ1n) is 7.17. The molecule has 1 aromatic heterocycles. The Kier molecular flexibility index (Phi) is 6.87. The highest BCUT2D eigenvalue weighted by Gasteiger charge is 2.25. The highest BCUT2D eigenvalue weighted by Crippen LogP contribution is 2.26. The lowest BCUT2D eigenvalue weighted by Crippen LogP contribution is -2.31. The van der Waals surface area contributed by atoms with Crippen LogP contribution in [-0.4, -0.2) is 25.8 Å². The topological polar surface area (TPSA) is 25.2 Å². The van der Waals surface area contributed by atoms with E-state index in [4.69, 9.17) is 0 Å². The summed E-state index contributed by atoms with van der Waals surface area (Å²) in [7, 11) is -0.936. The van der Waals surface area contributed by atoms with Crippen LogP contribution in [0.25, 0.3) is 0 Å². The number of rotatable bonds is 8. The van der Waals surface area contributed by atoms with Crippen molar-refractivity contribution in [2.24, 2.45) is 4.99 Å². The SMILES string of the molecule is CC[Si](CC)(CC)CCCN=Cc1ccccn1. The van der Waals surface area contributed by atoms with Crippen LogP contribution in [0, 0.1) is 0 Å². The molecule has 18 heavy (non-hydrogen) atoms. The number of hydrogen-bond donors (Lipinski definition) is 0. The summed E-state index contributed by atoms with van der Waals surface area (Å²) < 4.78 is 0. The lowest BCUT2D eigenvalue weighted by Gasteiger charge is -2.27. The maximum absolute atomic E-state index is 4.48. The molecule has 1 aromatic rings. The van der Waals surface area contributed by atoms with Crippen molar-refractivity contribution >= 4 is 14.3 Å². The summed E-state index contributed by atoms with van der Waals surface area (Å²) in [6.07, 6.45) is 4.95. The summed E-state index contributed by atoms with van der Waals surface area (Å²) in [5.41, 5.74) is 0.961. The van der Waals surface area contributed by atoms with Crippen molar-refractivity contribution in [3.05, 3.63) is 30.1 Å². The van der Waals surface area contributed by atoms with Crippen LogP contribution in [0.1, 0.15) is 32.9 Å². The minimum atomic E-state index is -0.936. The zero-order valence-corrected chi connectivity index (χ0v) is 13.0. The van der Waals surface area contributed by atoms with Crippen molar-refractivity contribution < 1.29 is 0 Å². The third-order valence-electron chi connectivity index (χ3n) is 4.16. The van der Waals surface area contributed by atoms with Gasteiger partial charge in [0.2, 0.25) is 0 Å². The van der Waals surface area contributed by atoms with Crippen molar-refractivity contribution in [3.63, 3.8) is 0 Å². The fourth-order valence-corrected chi connectivity index (χ4v) is 5.90. The minimum absolute atomic E-state index is 0.936. The molecule has 0 N–H and O–H groups in total. The first kappa shape index (κ1) is 15.1. The lowest BCUT2D eigenvalue weighted by atomic mass is 10.4. The number of pyridine rings is 1. The third kappa shape index (κ3) is 4.73. The molecule has 3 heteroatoms. The summed E-state index contributed by atoms with van der Waals surface area (Å²) >= 11 is 0. The average Bonchev–Trinajstić information content (AvgIpc) is 2.45.